The summed E-state index contributed by atoms with van der Waals surface area (Å²) in [6.45, 7) is 6.49. The molecule has 166 valence electrons. The number of likely N-dealkylation sites (tertiary alicyclic amines) is 1. The van der Waals surface area contributed by atoms with Crippen molar-refractivity contribution < 1.29 is 13.9 Å². The quantitative estimate of drug-likeness (QED) is 0.715. The smallest absolute Gasteiger partial charge is 0.226 e. The van der Waals surface area contributed by atoms with Gasteiger partial charge in [0.05, 0.1) is 5.41 Å². The number of benzene rings is 2. The molecular formula is C26H33FN2O2. The number of hydrogen-bond donors (Lipinski definition) is 1. The van der Waals surface area contributed by atoms with Crippen molar-refractivity contribution in [1.29, 1.82) is 0 Å². The van der Waals surface area contributed by atoms with Crippen LogP contribution in [0.3, 0.4) is 0 Å². The SMILES string of the molecule is C[C@@H](CN1CCCC1)NC(=O)C1(Cc2cccc(-c3cccc(F)c3)c2)CCOCC1. The van der Waals surface area contributed by atoms with Gasteiger partial charge in [-0.15, -0.1) is 0 Å². The second kappa shape index (κ2) is 9.92. The molecule has 0 radical (unpaired) electrons. The molecule has 1 atom stereocenters. The lowest BCUT2D eigenvalue weighted by Crippen LogP contribution is -2.51. The number of carbonyl (C=O) groups is 1. The Morgan fingerprint density at radius 2 is 1.77 bits per heavy atom. The third-order valence-corrected chi connectivity index (χ3v) is 6.67. The maximum Gasteiger partial charge on any atom is 0.226 e. The van der Waals surface area contributed by atoms with Gasteiger partial charge in [-0.05, 0) is 80.9 Å². The van der Waals surface area contributed by atoms with Crippen LogP contribution < -0.4 is 5.32 Å². The highest BCUT2D eigenvalue weighted by molar-refractivity contribution is 5.83. The fourth-order valence-electron chi connectivity index (χ4n) is 4.94. The summed E-state index contributed by atoms with van der Waals surface area (Å²) in [6.07, 6.45) is 4.62. The minimum atomic E-state index is -0.460. The molecule has 0 aromatic heterocycles. The number of hydrogen-bond acceptors (Lipinski definition) is 3. The second-order valence-electron chi connectivity index (χ2n) is 9.16. The average molecular weight is 425 g/mol. The highest BCUT2D eigenvalue weighted by Crippen LogP contribution is 2.36. The van der Waals surface area contributed by atoms with Crippen molar-refractivity contribution in [3.05, 3.63) is 59.9 Å². The Bertz CT molecular complexity index is 888. The van der Waals surface area contributed by atoms with E-state index >= 15 is 0 Å². The number of halogens is 1. The van der Waals surface area contributed by atoms with E-state index in [2.05, 4.69) is 29.3 Å². The molecule has 0 spiro atoms. The average Bonchev–Trinajstić information content (AvgIpc) is 3.27. The monoisotopic (exact) mass is 424 g/mol. The predicted molar refractivity (Wildman–Crippen MR) is 121 cm³/mol. The van der Waals surface area contributed by atoms with E-state index in [1.54, 1.807) is 12.1 Å². The summed E-state index contributed by atoms with van der Waals surface area (Å²) in [4.78, 5) is 15.9. The van der Waals surface area contributed by atoms with Gasteiger partial charge in [0.1, 0.15) is 5.82 Å². The van der Waals surface area contributed by atoms with Crippen LogP contribution in [0.2, 0.25) is 0 Å². The molecule has 0 bridgehead atoms. The van der Waals surface area contributed by atoms with Crippen molar-refractivity contribution in [2.45, 2.75) is 45.1 Å². The highest BCUT2D eigenvalue weighted by Gasteiger charge is 2.40. The van der Waals surface area contributed by atoms with Crippen LogP contribution >= 0.6 is 0 Å². The Balaban J connectivity index is 1.50. The molecule has 2 aromatic rings. The number of carbonyl (C=O) groups excluding carboxylic acids is 1. The molecule has 2 heterocycles. The zero-order valence-corrected chi connectivity index (χ0v) is 18.4. The van der Waals surface area contributed by atoms with Crippen LogP contribution in [-0.2, 0) is 16.0 Å². The lowest BCUT2D eigenvalue weighted by Gasteiger charge is -2.37. The van der Waals surface area contributed by atoms with Crippen LogP contribution in [0, 0.1) is 11.2 Å². The number of nitrogens with zero attached hydrogens (tertiary/aromatic N) is 1. The van der Waals surface area contributed by atoms with E-state index in [0.717, 1.165) is 49.2 Å². The van der Waals surface area contributed by atoms with Crippen LogP contribution in [0.1, 0.15) is 38.2 Å². The van der Waals surface area contributed by atoms with Crippen LogP contribution in [0.4, 0.5) is 4.39 Å². The highest BCUT2D eigenvalue weighted by atomic mass is 19.1. The molecule has 5 heteroatoms. The topological polar surface area (TPSA) is 41.6 Å². The summed E-state index contributed by atoms with van der Waals surface area (Å²) in [5.74, 6) is -0.103. The second-order valence-corrected chi connectivity index (χ2v) is 9.16. The van der Waals surface area contributed by atoms with Gasteiger partial charge < -0.3 is 15.0 Å². The molecule has 4 rings (SSSR count). The van der Waals surface area contributed by atoms with Gasteiger partial charge in [0, 0.05) is 25.8 Å². The summed E-state index contributed by atoms with van der Waals surface area (Å²) < 4.78 is 19.3. The molecule has 0 saturated carbocycles. The van der Waals surface area contributed by atoms with E-state index in [-0.39, 0.29) is 17.8 Å². The van der Waals surface area contributed by atoms with E-state index in [9.17, 15) is 9.18 Å². The zero-order valence-electron chi connectivity index (χ0n) is 18.4. The standard InChI is InChI=1S/C26H33FN2O2/c1-20(19-29-12-2-3-13-29)28-25(30)26(10-14-31-15-11-26)18-21-6-4-7-22(16-21)23-8-5-9-24(27)17-23/h4-9,16-17,20H,2-3,10-15,18-19H2,1H3,(H,28,30)/t20-/m0/s1. The maximum absolute atomic E-state index is 13.7. The molecular weight excluding hydrogens is 391 g/mol. The van der Waals surface area contributed by atoms with E-state index < -0.39 is 5.41 Å². The lowest BCUT2D eigenvalue weighted by atomic mass is 9.74. The Morgan fingerprint density at radius 3 is 2.48 bits per heavy atom. The maximum atomic E-state index is 13.7. The number of rotatable bonds is 7. The van der Waals surface area contributed by atoms with Gasteiger partial charge in [-0.3, -0.25) is 4.79 Å². The summed E-state index contributed by atoms with van der Waals surface area (Å²) in [5, 5.41) is 3.31. The molecule has 2 aromatic carbocycles. The number of amides is 1. The Morgan fingerprint density at radius 1 is 1.10 bits per heavy atom. The van der Waals surface area contributed by atoms with Crippen molar-refractivity contribution in [3.63, 3.8) is 0 Å². The molecule has 0 unspecified atom stereocenters. The first-order valence-electron chi connectivity index (χ1n) is 11.5. The van der Waals surface area contributed by atoms with E-state index in [0.29, 0.717) is 19.6 Å². The van der Waals surface area contributed by atoms with Crippen LogP contribution in [0.25, 0.3) is 11.1 Å². The van der Waals surface area contributed by atoms with E-state index in [1.807, 2.05) is 18.2 Å². The molecule has 1 amide bonds. The molecule has 2 saturated heterocycles. The number of nitrogens with one attached hydrogen (secondary N) is 1. The minimum Gasteiger partial charge on any atom is -0.381 e. The van der Waals surface area contributed by atoms with Gasteiger partial charge in [0.25, 0.3) is 0 Å². The van der Waals surface area contributed by atoms with Crippen molar-refractivity contribution in [2.24, 2.45) is 5.41 Å². The predicted octanol–water partition coefficient (Wildman–Crippen LogP) is 4.43. The van der Waals surface area contributed by atoms with E-state index in [1.165, 1.54) is 18.9 Å². The van der Waals surface area contributed by atoms with Crippen LogP contribution in [0.15, 0.2) is 48.5 Å². The third kappa shape index (κ3) is 5.52. The Kier molecular flexibility index (Phi) is 7.03. The molecule has 4 nitrogen and oxygen atoms in total. The summed E-state index contributed by atoms with van der Waals surface area (Å²) in [6, 6.07) is 14.9. The fourth-order valence-corrected chi connectivity index (χ4v) is 4.94. The van der Waals surface area contributed by atoms with Gasteiger partial charge in [-0.2, -0.15) is 0 Å². The molecule has 0 aliphatic carbocycles. The van der Waals surface area contributed by atoms with Crippen molar-refractivity contribution >= 4 is 5.91 Å². The summed E-state index contributed by atoms with van der Waals surface area (Å²) in [5.41, 5.74) is 2.47. The Labute approximate surface area is 184 Å². The zero-order chi connectivity index (χ0) is 21.7. The minimum absolute atomic E-state index is 0.129. The van der Waals surface area contributed by atoms with Crippen LogP contribution in [0.5, 0.6) is 0 Å². The van der Waals surface area contributed by atoms with Crippen molar-refractivity contribution in [1.82, 2.24) is 10.2 Å². The third-order valence-electron chi connectivity index (χ3n) is 6.67. The van der Waals surface area contributed by atoms with Gasteiger partial charge in [-0.25, -0.2) is 4.39 Å². The first kappa shape index (κ1) is 22.0. The first-order chi connectivity index (χ1) is 15.0. The molecule has 2 aliphatic rings. The largest absolute Gasteiger partial charge is 0.381 e. The normalized spacial score (nSPS) is 19.8. The fraction of sp³-hybridized carbons (Fsp3) is 0.500. The molecule has 1 N–H and O–H groups in total. The summed E-state index contributed by atoms with van der Waals surface area (Å²) >= 11 is 0. The van der Waals surface area contributed by atoms with Crippen molar-refractivity contribution in [2.75, 3.05) is 32.8 Å². The Hall–Kier alpha value is -2.24. The molecule has 2 fully saturated rings. The molecule has 2 aliphatic heterocycles. The lowest BCUT2D eigenvalue weighted by molar-refractivity contribution is -0.137. The van der Waals surface area contributed by atoms with Crippen molar-refractivity contribution in [3.8, 4) is 11.1 Å². The van der Waals surface area contributed by atoms with Crippen LogP contribution in [-0.4, -0.2) is 49.7 Å². The first-order valence-corrected chi connectivity index (χ1v) is 11.5. The number of ether oxygens (including phenoxy) is 1. The van der Waals surface area contributed by atoms with E-state index in [4.69, 9.17) is 4.74 Å². The van der Waals surface area contributed by atoms with Gasteiger partial charge >= 0.3 is 0 Å². The van der Waals surface area contributed by atoms with Gasteiger partial charge in [0.15, 0.2) is 0 Å². The van der Waals surface area contributed by atoms with Gasteiger partial charge in [0.2, 0.25) is 5.91 Å². The molecule has 31 heavy (non-hydrogen) atoms. The summed E-state index contributed by atoms with van der Waals surface area (Å²) in [7, 11) is 0. The van der Waals surface area contributed by atoms with Gasteiger partial charge in [-0.1, -0.05) is 36.4 Å².